The molecule has 0 aliphatic rings. The van der Waals surface area contributed by atoms with Crippen molar-refractivity contribution in [3.8, 4) is 0 Å². The van der Waals surface area contributed by atoms with Crippen LogP contribution in [0.15, 0.2) is 23.4 Å². The first-order chi connectivity index (χ1) is 7.13. The molecule has 0 saturated carbocycles. The maximum absolute atomic E-state index is 8.33. The van der Waals surface area contributed by atoms with E-state index in [1.165, 1.54) is 0 Å². The Bertz CT molecular complexity index is 366. The van der Waals surface area contributed by atoms with Crippen molar-refractivity contribution in [2.24, 2.45) is 10.9 Å². The zero-order valence-electron chi connectivity index (χ0n) is 8.50. The van der Waals surface area contributed by atoms with Gasteiger partial charge in [0.05, 0.1) is 0 Å². The summed E-state index contributed by atoms with van der Waals surface area (Å²) in [4.78, 5) is 0. The summed E-state index contributed by atoms with van der Waals surface area (Å²) in [6.45, 7) is 2.55. The number of nitrogens with zero attached hydrogens (tertiary/aromatic N) is 1. The molecule has 4 N–H and O–H groups in total. The van der Waals surface area contributed by atoms with Crippen LogP contribution in [0.4, 0.5) is 5.69 Å². The first kappa shape index (κ1) is 11.7. The van der Waals surface area contributed by atoms with Gasteiger partial charge in [-0.25, -0.2) is 0 Å². The summed E-state index contributed by atoms with van der Waals surface area (Å²) in [5.74, 6) is 0.209. The van der Waals surface area contributed by atoms with Crippen molar-refractivity contribution in [1.82, 2.24) is 0 Å². The Morgan fingerprint density at radius 2 is 2.33 bits per heavy atom. The van der Waals surface area contributed by atoms with Gasteiger partial charge in [-0.3, -0.25) is 0 Å². The Balaban J connectivity index is 2.48. The average Bonchev–Trinajstić information content (AvgIpc) is 2.23. The third-order valence-electron chi connectivity index (χ3n) is 2.01. The smallest absolute Gasteiger partial charge is 0.140 e. The van der Waals surface area contributed by atoms with Crippen LogP contribution in [-0.2, 0) is 0 Å². The summed E-state index contributed by atoms with van der Waals surface area (Å²) in [5.41, 5.74) is 7.29. The Morgan fingerprint density at radius 3 is 2.93 bits per heavy atom. The zero-order chi connectivity index (χ0) is 11.3. The molecule has 0 aromatic heterocycles. The molecule has 0 heterocycles. The molecule has 0 radical (unpaired) electrons. The molecule has 4 nitrogen and oxygen atoms in total. The Labute approximate surface area is 93.7 Å². The minimum absolute atomic E-state index is 0.209. The van der Waals surface area contributed by atoms with Gasteiger partial charge >= 0.3 is 0 Å². The zero-order valence-corrected chi connectivity index (χ0v) is 9.25. The van der Waals surface area contributed by atoms with Crippen LogP contribution in [0.1, 0.15) is 12.0 Å². The number of anilines is 1. The van der Waals surface area contributed by atoms with E-state index < -0.39 is 0 Å². The van der Waals surface area contributed by atoms with Crippen molar-refractivity contribution in [3.05, 3.63) is 28.8 Å². The van der Waals surface area contributed by atoms with Crippen LogP contribution in [0, 0.1) is 6.92 Å². The van der Waals surface area contributed by atoms with Crippen LogP contribution in [0.25, 0.3) is 0 Å². The monoisotopic (exact) mass is 227 g/mol. The maximum atomic E-state index is 8.33. The summed E-state index contributed by atoms with van der Waals surface area (Å²) in [5, 5.41) is 15.1. The molecule has 0 spiro atoms. The van der Waals surface area contributed by atoms with Crippen molar-refractivity contribution in [3.63, 3.8) is 0 Å². The highest BCUT2D eigenvalue weighted by Gasteiger charge is 1.98. The van der Waals surface area contributed by atoms with Crippen LogP contribution >= 0.6 is 11.6 Å². The predicted octanol–water partition coefficient (Wildman–Crippen LogP) is 2.20. The number of hydrogen-bond donors (Lipinski definition) is 3. The molecule has 1 aromatic rings. The number of nitrogens with one attached hydrogen (secondary N) is 1. The van der Waals surface area contributed by atoms with E-state index in [1.54, 1.807) is 0 Å². The topological polar surface area (TPSA) is 70.6 Å². The Morgan fingerprint density at radius 1 is 1.60 bits per heavy atom. The molecule has 0 fully saturated rings. The van der Waals surface area contributed by atoms with Gasteiger partial charge in [-0.1, -0.05) is 22.8 Å². The molecule has 15 heavy (non-hydrogen) atoms. The number of rotatable bonds is 4. The second-order valence-electron chi connectivity index (χ2n) is 3.23. The highest BCUT2D eigenvalue weighted by Crippen LogP contribution is 2.19. The number of hydrogen-bond acceptors (Lipinski definition) is 3. The van der Waals surface area contributed by atoms with Gasteiger partial charge in [0.15, 0.2) is 0 Å². The van der Waals surface area contributed by atoms with Gasteiger partial charge in [-0.15, -0.1) is 0 Å². The van der Waals surface area contributed by atoms with Gasteiger partial charge in [0.1, 0.15) is 5.84 Å². The van der Waals surface area contributed by atoms with E-state index in [1.807, 2.05) is 25.1 Å². The lowest BCUT2D eigenvalue weighted by Crippen LogP contribution is -2.16. The van der Waals surface area contributed by atoms with Gasteiger partial charge in [-0.2, -0.15) is 0 Å². The van der Waals surface area contributed by atoms with Crippen LogP contribution < -0.4 is 11.1 Å². The summed E-state index contributed by atoms with van der Waals surface area (Å²) in [6, 6.07) is 5.73. The van der Waals surface area contributed by atoms with E-state index in [4.69, 9.17) is 22.5 Å². The summed E-state index contributed by atoms with van der Waals surface area (Å²) in [6.07, 6.45) is 0.488. The lowest BCUT2D eigenvalue weighted by atomic mass is 10.2. The molecular formula is C10H14ClN3O. The lowest BCUT2D eigenvalue weighted by molar-refractivity contribution is 0.317. The van der Waals surface area contributed by atoms with Gasteiger partial charge < -0.3 is 16.3 Å². The van der Waals surface area contributed by atoms with Crippen LogP contribution in [0.5, 0.6) is 0 Å². The minimum atomic E-state index is 0.209. The van der Waals surface area contributed by atoms with Gasteiger partial charge in [-0.05, 0) is 24.6 Å². The highest BCUT2D eigenvalue weighted by atomic mass is 35.5. The molecule has 0 aliphatic heterocycles. The fourth-order valence-electron chi connectivity index (χ4n) is 1.09. The normalized spacial score (nSPS) is 11.5. The molecule has 0 atom stereocenters. The largest absolute Gasteiger partial charge is 0.409 e. The van der Waals surface area contributed by atoms with Gasteiger partial charge in [0, 0.05) is 23.7 Å². The van der Waals surface area contributed by atoms with Crippen LogP contribution in [0.3, 0.4) is 0 Å². The van der Waals surface area contributed by atoms with E-state index in [0.29, 0.717) is 13.0 Å². The van der Waals surface area contributed by atoms with E-state index in [0.717, 1.165) is 16.3 Å². The van der Waals surface area contributed by atoms with Gasteiger partial charge in [0.2, 0.25) is 0 Å². The molecule has 0 unspecified atom stereocenters. The second kappa shape index (κ2) is 5.46. The molecular weight excluding hydrogens is 214 g/mol. The number of aryl methyl sites for hydroxylation is 1. The number of oxime groups is 1. The molecule has 0 saturated heterocycles. The predicted molar refractivity (Wildman–Crippen MR) is 62.7 cm³/mol. The Hall–Kier alpha value is -1.42. The first-order valence-corrected chi connectivity index (χ1v) is 4.97. The number of benzene rings is 1. The van der Waals surface area contributed by atoms with Crippen LogP contribution in [0.2, 0.25) is 5.02 Å². The molecule has 5 heteroatoms. The van der Waals surface area contributed by atoms with Crippen molar-refractivity contribution in [1.29, 1.82) is 0 Å². The molecule has 1 rings (SSSR count). The molecule has 1 aromatic carbocycles. The van der Waals surface area contributed by atoms with Crippen molar-refractivity contribution < 1.29 is 5.21 Å². The summed E-state index contributed by atoms with van der Waals surface area (Å²) in [7, 11) is 0. The van der Waals surface area contributed by atoms with E-state index >= 15 is 0 Å². The molecule has 0 aliphatic carbocycles. The second-order valence-corrected chi connectivity index (χ2v) is 3.64. The van der Waals surface area contributed by atoms with E-state index in [9.17, 15) is 0 Å². The van der Waals surface area contributed by atoms with Gasteiger partial charge in [0.25, 0.3) is 0 Å². The standard InChI is InChI=1S/C10H14ClN3O/c1-7-2-3-8(6-9(7)11)13-5-4-10(12)14-15/h2-3,6,13,15H,4-5H2,1H3,(H2,12,14). The highest BCUT2D eigenvalue weighted by molar-refractivity contribution is 6.31. The first-order valence-electron chi connectivity index (χ1n) is 4.60. The van der Waals surface area contributed by atoms with E-state index in [2.05, 4.69) is 10.5 Å². The summed E-state index contributed by atoms with van der Waals surface area (Å²) >= 11 is 5.95. The third-order valence-corrected chi connectivity index (χ3v) is 2.42. The van der Waals surface area contributed by atoms with E-state index in [-0.39, 0.29) is 5.84 Å². The molecule has 0 amide bonds. The fourth-order valence-corrected chi connectivity index (χ4v) is 1.27. The van der Waals surface area contributed by atoms with Crippen molar-refractivity contribution in [2.75, 3.05) is 11.9 Å². The molecule has 82 valence electrons. The number of amidine groups is 1. The maximum Gasteiger partial charge on any atom is 0.140 e. The minimum Gasteiger partial charge on any atom is -0.409 e. The Kier molecular flexibility index (Phi) is 4.24. The van der Waals surface area contributed by atoms with Crippen molar-refractivity contribution >= 4 is 23.1 Å². The number of nitrogens with two attached hydrogens (primary N) is 1. The van der Waals surface area contributed by atoms with Crippen molar-refractivity contribution in [2.45, 2.75) is 13.3 Å². The average molecular weight is 228 g/mol. The fraction of sp³-hybridized carbons (Fsp3) is 0.300. The SMILES string of the molecule is Cc1ccc(NCCC(N)=NO)cc1Cl. The lowest BCUT2D eigenvalue weighted by Gasteiger charge is -2.07. The third kappa shape index (κ3) is 3.67. The summed E-state index contributed by atoms with van der Waals surface area (Å²) < 4.78 is 0. The number of halogens is 1. The molecule has 0 bridgehead atoms. The quantitative estimate of drug-likeness (QED) is 0.320. The van der Waals surface area contributed by atoms with Crippen LogP contribution in [-0.4, -0.2) is 17.6 Å².